The molecule has 45 heavy (non-hydrogen) atoms. The number of anilines is 1. The molecule has 0 radical (unpaired) electrons. The molecule has 2 aromatic rings. The predicted octanol–water partition coefficient (Wildman–Crippen LogP) is 5.23. The van der Waals surface area contributed by atoms with Crippen LogP contribution in [-0.2, 0) is 14.4 Å². The van der Waals surface area contributed by atoms with E-state index in [-0.39, 0.29) is 12.6 Å². The number of nitrogens with zero attached hydrogens (tertiary/aromatic N) is 4. The molecular weight excluding hydrogens is 570 g/mol. The Bertz CT molecular complexity index is 1300. The third-order valence-corrected chi connectivity index (χ3v) is 7.92. The van der Waals surface area contributed by atoms with E-state index in [2.05, 4.69) is 11.5 Å². The topological polar surface area (TPSA) is 158 Å². The number of para-hydroxylation sites is 1. The summed E-state index contributed by atoms with van der Waals surface area (Å²) in [5, 5.41) is 14.3. The van der Waals surface area contributed by atoms with Crippen molar-refractivity contribution >= 4 is 24.4 Å². The van der Waals surface area contributed by atoms with Crippen molar-refractivity contribution < 1.29 is 19.2 Å². The lowest BCUT2D eigenvalue weighted by Crippen LogP contribution is -2.41. The van der Waals surface area contributed by atoms with Crippen molar-refractivity contribution in [1.29, 1.82) is 5.26 Å². The van der Waals surface area contributed by atoms with E-state index in [9.17, 15) is 19.6 Å². The zero-order valence-electron chi connectivity index (χ0n) is 27.0. The van der Waals surface area contributed by atoms with Crippen LogP contribution < -0.4 is 16.9 Å². The van der Waals surface area contributed by atoms with E-state index in [4.69, 9.17) is 16.4 Å². The van der Waals surface area contributed by atoms with E-state index in [1.165, 1.54) is 36.9 Å². The number of hydrazine groups is 1. The fourth-order valence-corrected chi connectivity index (χ4v) is 5.80. The second-order valence-corrected chi connectivity index (χ2v) is 10.9. The number of hydrogen-bond donors (Lipinski definition) is 3. The van der Waals surface area contributed by atoms with Crippen LogP contribution in [0, 0.1) is 30.2 Å². The van der Waals surface area contributed by atoms with Gasteiger partial charge in [0, 0.05) is 30.5 Å². The largest absolute Gasteiger partial charge is 0.399 e. The Morgan fingerprint density at radius 3 is 2.42 bits per heavy atom. The van der Waals surface area contributed by atoms with Crippen molar-refractivity contribution in [3.63, 3.8) is 0 Å². The van der Waals surface area contributed by atoms with Crippen LogP contribution in [0.1, 0.15) is 86.8 Å². The number of fused-ring (bicyclic) bond motifs is 1. The van der Waals surface area contributed by atoms with Crippen LogP contribution in [0.25, 0.3) is 0 Å². The monoisotopic (exact) mass is 619 g/mol. The second kappa shape index (κ2) is 19.8. The third-order valence-electron chi connectivity index (χ3n) is 7.92. The molecule has 0 spiro atoms. The maximum absolute atomic E-state index is 12.2. The summed E-state index contributed by atoms with van der Waals surface area (Å²) in [6, 6.07) is 14.9. The molecule has 244 valence electrons. The van der Waals surface area contributed by atoms with Crippen molar-refractivity contribution in [2.45, 2.75) is 72.3 Å². The molecule has 0 aromatic heterocycles. The first kappa shape index (κ1) is 36.8. The highest BCUT2D eigenvalue weighted by atomic mass is 16.7. The number of nitrogens with two attached hydrogens (primary N) is 2. The van der Waals surface area contributed by atoms with Gasteiger partial charge in [-0.05, 0) is 61.3 Å². The Kier molecular flexibility index (Phi) is 16.2. The number of likely N-dealkylation sites (tertiary alicyclic amines) is 1. The van der Waals surface area contributed by atoms with Crippen LogP contribution in [0.5, 0.6) is 0 Å². The number of amides is 3. The first-order chi connectivity index (χ1) is 21.8. The van der Waals surface area contributed by atoms with Crippen LogP contribution >= 0.6 is 0 Å². The van der Waals surface area contributed by atoms with Crippen molar-refractivity contribution in [3.8, 4) is 6.19 Å². The fraction of sp³-hybridized carbons (Fsp3) is 0.471. The molecule has 0 bridgehead atoms. The SMILES string of the molecule is CC.CCCN(N)/C=C(\N)CON(C=O)C(=O)c1ccccc1C.N#CN1CC2CCCCC2CC1c1ccccc1NC=O. The molecule has 3 atom stereocenters. The van der Waals surface area contributed by atoms with Gasteiger partial charge in [-0.1, -0.05) is 76.4 Å². The zero-order chi connectivity index (χ0) is 33.2. The molecule has 3 unspecified atom stereocenters. The van der Waals surface area contributed by atoms with E-state index in [0.29, 0.717) is 41.6 Å². The van der Waals surface area contributed by atoms with Crippen LogP contribution in [0.2, 0.25) is 0 Å². The number of nitriles is 1. The molecule has 11 nitrogen and oxygen atoms in total. The van der Waals surface area contributed by atoms with Gasteiger partial charge in [-0.3, -0.25) is 19.2 Å². The minimum atomic E-state index is -0.543. The van der Waals surface area contributed by atoms with Gasteiger partial charge >= 0.3 is 0 Å². The molecule has 1 aliphatic carbocycles. The normalized spacial score (nSPS) is 18.8. The van der Waals surface area contributed by atoms with Crippen molar-refractivity contribution in [1.82, 2.24) is 15.0 Å². The van der Waals surface area contributed by atoms with Crippen molar-refractivity contribution in [3.05, 3.63) is 77.1 Å². The van der Waals surface area contributed by atoms with Crippen LogP contribution in [-0.4, -0.2) is 53.4 Å². The lowest BCUT2D eigenvalue weighted by atomic mass is 9.72. The summed E-state index contributed by atoms with van der Waals surface area (Å²) in [6.07, 6.45) is 11.9. The number of nitrogens with one attached hydrogen (secondary N) is 1. The van der Waals surface area contributed by atoms with Gasteiger partial charge < -0.3 is 21.0 Å². The Labute approximate surface area is 267 Å². The van der Waals surface area contributed by atoms with E-state index in [1.54, 1.807) is 25.1 Å². The number of rotatable bonds is 11. The number of carbonyl (C=O) groups is 3. The molecule has 3 amide bonds. The number of imide groups is 1. The van der Waals surface area contributed by atoms with Gasteiger partial charge in [0.2, 0.25) is 12.8 Å². The highest BCUT2D eigenvalue weighted by molar-refractivity contribution is 5.99. The third kappa shape index (κ3) is 10.9. The summed E-state index contributed by atoms with van der Waals surface area (Å²) >= 11 is 0. The van der Waals surface area contributed by atoms with Gasteiger partial charge in [0.15, 0.2) is 6.19 Å². The van der Waals surface area contributed by atoms with Gasteiger partial charge in [-0.25, -0.2) is 5.84 Å². The van der Waals surface area contributed by atoms with Gasteiger partial charge in [0.25, 0.3) is 5.91 Å². The Balaban J connectivity index is 0.000000297. The molecule has 2 aromatic carbocycles. The van der Waals surface area contributed by atoms with Gasteiger partial charge in [-0.15, -0.1) is 0 Å². The van der Waals surface area contributed by atoms with E-state index >= 15 is 0 Å². The Hall–Kier alpha value is -4.40. The molecule has 1 heterocycles. The van der Waals surface area contributed by atoms with Crippen LogP contribution in [0.4, 0.5) is 5.69 Å². The average molecular weight is 620 g/mol. The molecule has 1 saturated carbocycles. The first-order valence-corrected chi connectivity index (χ1v) is 15.7. The smallest absolute Gasteiger partial charge is 0.284 e. The predicted molar refractivity (Wildman–Crippen MR) is 175 cm³/mol. The maximum Gasteiger partial charge on any atom is 0.284 e. The summed E-state index contributed by atoms with van der Waals surface area (Å²) < 4.78 is 0. The summed E-state index contributed by atoms with van der Waals surface area (Å²) in [5.74, 6) is 6.51. The van der Waals surface area contributed by atoms with Gasteiger partial charge in [-0.2, -0.15) is 10.3 Å². The Morgan fingerprint density at radius 1 is 1.11 bits per heavy atom. The summed E-state index contributed by atoms with van der Waals surface area (Å²) in [6.45, 7) is 9.15. The quantitative estimate of drug-likeness (QED) is 0.133. The van der Waals surface area contributed by atoms with Crippen LogP contribution in [0.3, 0.4) is 0 Å². The molecular formula is C34H49N7O4. The van der Waals surface area contributed by atoms with Crippen molar-refractivity contribution in [2.24, 2.45) is 23.4 Å². The molecule has 1 saturated heterocycles. The minimum absolute atomic E-state index is 0.0954. The van der Waals surface area contributed by atoms with E-state index in [0.717, 1.165) is 42.1 Å². The maximum atomic E-state index is 12.2. The molecule has 5 N–H and O–H groups in total. The fourth-order valence-electron chi connectivity index (χ4n) is 5.80. The highest BCUT2D eigenvalue weighted by Crippen LogP contribution is 2.44. The van der Waals surface area contributed by atoms with E-state index in [1.807, 2.05) is 56.0 Å². The number of aryl methyl sites for hydroxylation is 1. The molecule has 4 rings (SSSR count). The van der Waals surface area contributed by atoms with E-state index < -0.39 is 5.91 Å². The lowest BCUT2D eigenvalue weighted by Gasteiger charge is -2.44. The zero-order valence-corrected chi connectivity index (χ0v) is 27.0. The van der Waals surface area contributed by atoms with Gasteiger partial charge in [0.1, 0.15) is 6.61 Å². The van der Waals surface area contributed by atoms with Gasteiger partial charge in [0.05, 0.1) is 11.7 Å². The first-order valence-electron chi connectivity index (χ1n) is 15.7. The molecule has 2 fully saturated rings. The van der Waals surface area contributed by atoms with Crippen molar-refractivity contribution in [2.75, 3.05) is 25.0 Å². The Morgan fingerprint density at radius 2 is 1.78 bits per heavy atom. The standard InChI is InChI=1S/C17H21N3O.C15H22N4O3.C2H6/c18-11-20-10-14-6-2-1-5-13(14)9-17(20)15-7-3-4-8-16(15)19-12-21;1-3-8-18(17)9-13(16)10-22-19(11-20)15(21)14-7-5-4-6-12(14)2;1-2/h3-4,7-8,12-14,17H,1-2,5-6,9-10H2,(H,19,21);4-7,9,11H,3,8,10,16-17H2,1-2H3;1-2H3/b;13-9-;. The number of hydroxylamine groups is 2. The summed E-state index contributed by atoms with van der Waals surface area (Å²) in [7, 11) is 0. The number of hydrogen-bond acceptors (Lipinski definition) is 9. The molecule has 2 aliphatic rings. The van der Waals surface area contributed by atoms with Crippen LogP contribution in [0.15, 0.2) is 60.4 Å². The molecule has 11 heteroatoms. The minimum Gasteiger partial charge on any atom is -0.399 e. The second-order valence-electron chi connectivity index (χ2n) is 10.9. The number of benzene rings is 2. The highest BCUT2D eigenvalue weighted by Gasteiger charge is 2.37. The average Bonchev–Trinajstić information content (AvgIpc) is 3.06. The summed E-state index contributed by atoms with van der Waals surface area (Å²) in [5.41, 5.74) is 9.08. The number of carbonyl (C=O) groups excluding carboxylic acids is 3. The molecule has 1 aliphatic heterocycles. The lowest BCUT2D eigenvalue weighted by molar-refractivity contribution is -0.152. The number of piperidine rings is 1. The summed E-state index contributed by atoms with van der Waals surface area (Å²) in [4.78, 5) is 41.1.